The highest BCUT2D eigenvalue weighted by molar-refractivity contribution is 5.83. The van der Waals surface area contributed by atoms with Gasteiger partial charge >= 0.3 is 18.4 Å². The molecule has 0 saturated carbocycles. The summed E-state index contributed by atoms with van der Waals surface area (Å²) in [5.74, 6) is -0.773. The van der Waals surface area contributed by atoms with E-state index in [0.717, 1.165) is 12.1 Å². The number of ether oxygens (including phenoxy) is 2. The minimum atomic E-state index is -5.01. The first-order valence-corrected chi connectivity index (χ1v) is 10.2. The molecule has 0 aliphatic carbocycles. The second-order valence-corrected chi connectivity index (χ2v) is 7.52. The van der Waals surface area contributed by atoms with E-state index in [2.05, 4.69) is 0 Å². The molecular formula is C20H20F6N4O4. The van der Waals surface area contributed by atoms with Gasteiger partial charge in [0.2, 0.25) is 6.23 Å². The molecule has 3 rings (SSSR count). The van der Waals surface area contributed by atoms with Crippen molar-refractivity contribution in [3.8, 4) is 6.07 Å². The van der Waals surface area contributed by atoms with Gasteiger partial charge in [-0.1, -0.05) is 0 Å². The van der Waals surface area contributed by atoms with E-state index in [9.17, 15) is 35.9 Å². The molecule has 0 bridgehead atoms. The smallest absolute Gasteiger partial charge is 0.433 e. The molecule has 0 spiro atoms. The number of carbonyl (C=O) groups is 2. The zero-order valence-corrected chi connectivity index (χ0v) is 17.8. The summed E-state index contributed by atoms with van der Waals surface area (Å²) in [4.78, 5) is 27.7. The van der Waals surface area contributed by atoms with E-state index in [-0.39, 0.29) is 32.8 Å². The van der Waals surface area contributed by atoms with Crippen LogP contribution in [0.5, 0.6) is 0 Å². The number of nitriles is 1. The summed E-state index contributed by atoms with van der Waals surface area (Å²) in [5.41, 5.74) is -2.62. The lowest BCUT2D eigenvalue weighted by Gasteiger charge is -2.35. The van der Waals surface area contributed by atoms with Gasteiger partial charge in [-0.3, -0.25) is 4.79 Å². The van der Waals surface area contributed by atoms with E-state index in [1.165, 1.54) is 15.9 Å². The first kappa shape index (κ1) is 25.4. The molecule has 0 radical (unpaired) electrons. The van der Waals surface area contributed by atoms with Gasteiger partial charge < -0.3 is 24.2 Å². The van der Waals surface area contributed by atoms with Gasteiger partial charge in [0.05, 0.1) is 30.3 Å². The lowest BCUT2D eigenvalue weighted by molar-refractivity contribution is -0.215. The van der Waals surface area contributed by atoms with Crippen molar-refractivity contribution in [2.45, 2.75) is 31.6 Å². The fourth-order valence-corrected chi connectivity index (χ4v) is 3.75. The van der Waals surface area contributed by atoms with Crippen LogP contribution in [0.1, 0.15) is 18.1 Å². The van der Waals surface area contributed by atoms with Crippen molar-refractivity contribution in [1.82, 2.24) is 9.80 Å². The molecule has 2 fully saturated rings. The second-order valence-electron chi connectivity index (χ2n) is 7.52. The summed E-state index contributed by atoms with van der Waals surface area (Å²) >= 11 is 0. The average Bonchev–Trinajstić information content (AvgIpc) is 3.24. The van der Waals surface area contributed by atoms with Crippen molar-refractivity contribution < 1.29 is 45.4 Å². The highest BCUT2D eigenvalue weighted by atomic mass is 19.4. The minimum Gasteiger partial charge on any atom is -0.450 e. The van der Waals surface area contributed by atoms with Crippen molar-refractivity contribution in [1.29, 1.82) is 5.26 Å². The summed E-state index contributed by atoms with van der Waals surface area (Å²) in [7, 11) is 0. The molecule has 2 heterocycles. The van der Waals surface area contributed by atoms with Gasteiger partial charge in [0.15, 0.2) is 6.10 Å². The SMILES string of the molecule is CCOC(=O)N1CCN(C(=O)[C@@H]2CN(c3ccc(C#N)c(C(F)(F)F)c3)[C@@H](C(F)(F)F)O2)CC1. The Hall–Kier alpha value is -3.21. The Morgan fingerprint density at radius 2 is 1.74 bits per heavy atom. The van der Waals surface area contributed by atoms with E-state index in [4.69, 9.17) is 14.7 Å². The molecule has 0 unspecified atom stereocenters. The highest BCUT2D eigenvalue weighted by Crippen LogP contribution is 2.39. The van der Waals surface area contributed by atoms with Crippen LogP contribution in [0.2, 0.25) is 0 Å². The van der Waals surface area contributed by atoms with Crippen LogP contribution in [0.15, 0.2) is 18.2 Å². The van der Waals surface area contributed by atoms with E-state index in [1.807, 2.05) is 0 Å². The zero-order valence-electron chi connectivity index (χ0n) is 17.8. The third-order valence-corrected chi connectivity index (χ3v) is 5.37. The summed E-state index contributed by atoms with van der Waals surface area (Å²) in [5, 5.41) is 8.91. The number of amides is 2. The number of piperazine rings is 1. The first-order valence-electron chi connectivity index (χ1n) is 10.2. The monoisotopic (exact) mass is 494 g/mol. The van der Waals surface area contributed by atoms with E-state index in [0.29, 0.717) is 11.0 Å². The topological polar surface area (TPSA) is 86.1 Å². The van der Waals surface area contributed by atoms with Gasteiger partial charge in [0.25, 0.3) is 5.91 Å². The summed E-state index contributed by atoms with van der Waals surface area (Å²) in [6.45, 7) is 1.41. The van der Waals surface area contributed by atoms with Crippen molar-refractivity contribution in [3.05, 3.63) is 29.3 Å². The lowest BCUT2D eigenvalue weighted by Crippen LogP contribution is -2.53. The maximum atomic E-state index is 13.6. The number of carbonyl (C=O) groups excluding carboxylic acids is 2. The maximum absolute atomic E-state index is 13.6. The van der Waals surface area contributed by atoms with Crippen LogP contribution >= 0.6 is 0 Å². The second kappa shape index (κ2) is 9.57. The maximum Gasteiger partial charge on any atom is 0.433 e. The number of nitrogens with zero attached hydrogens (tertiary/aromatic N) is 4. The highest BCUT2D eigenvalue weighted by Gasteiger charge is 2.53. The average molecular weight is 494 g/mol. The van der Waals surface area contributed by atoms with Crippen molar-refractivity contribution in [2.24, 2.45) is 0 Å². The van der Waals surface area contributed by atoms with E-state index in [1.54, 1.807) is 6.92 Å². The summed E-state index contributed by atoms with van der Waals surface area (Å²) < 4.78 is 90.7. The molecule has 2 atom stereocenters. The van der Waals surface area contributed by atoms with Crippen molar-refractivity contribution in [2.75, 3.05) is 44.2 Å². The standard InChI is InChI=1S/C20H20F6N4O4/c1-2-33-18(32)29-7-5-28(6-8-29)16(31)15-11-30(17(34-15)20(24,25)26)13-4-3-12(10-27)14(9-13)19(21,22)23/h3-4,9,15,17H,2,5-8,11H2,1H3/t15-,17+/m0/s1. The molecule has 14 heteroatoms. The molecule has 8 nitrogen and oxygen atoms in total. The first-order chi connectivity index (χ1) is 15.9. The predicted octanol–water partition coefficient (Wildman–Crippen LogP) is 2.97. The Bertz CT molecular complexity index is 969. The molecule has 0 N–H and O–H groups in total. The Morgan fingerprint density at radius 1 is 1.12 bits per heavy atom. The van der Waals surface area contributed by atoms with Gasteiger partial charge in [0.1, 0.15) is 0 Å². The molecule has 186 valence electrons. The number of alkyl halides is 6. The lowest BCUT2D eigenvalue weighted by atomic mass is 10.1. The van der Waals surface area contributed by atoms with Crippen molar-refractivity contribution in [3.63, 3.8) is 0 Å². The van der Waals surface area contributed by atoms with Gasteiger partial charge in [-0.05, 0) is 25.1 Å². The van der Waals surface area contributed by atoms with E-state index < -0.39 is 60.0 Å². The predicted molar refractivity (Wildman–Crippen MR) is 103 cm³/mol. The third kappa shape index (κ3) is 5.30. The molecule has 1 aromatic rings. The van der Waals surface area contributed by atoms with Crippen LogP contribution < -0.4 is 4.90 Å². The zero-order chi connectivity index (χ0) is 25.3. The van der Waals surface area contributed by atoms with Crippen LogP contribution in [-0.2, 0) is 20.4 Å². The van der Waals surface area contributed by atoms with Gasteiger partial charge in [-0.15, -0.1) is 0 Å². The molecule has 2 aliphatic heterocycles. The van der Waals surface area contributed by atoms with Gasteiger partial charge in [-0.25, -0.2) is 4.79 Å². The summed E-state index contributed by atoms with van der Waals surface area (Å²) in [6.07, 6.45) is -14.8. The molecule has 2 saturated heterocycles. The number of halogens is 6. The van der Waals surface area contributed by atoms with Gasteiger partial charge in [-0.2, -0.15) is 31.6 Å². The number of anilines is 1. The number of rotatable bonds is 3. The third-order valence-electron chi connectivity index (χ3n) is 5.37. The quantitative estimate of drug-likeness (QED) is 0.601. The van der Waals surface area contributed by atoms with Crippen LogP contribution in [0.25, 0.3) is 0 Å². The van der Waals surface area contributed by atoms with Crippen LogP contribution in [-0.4, -0.2) is 79.6 Å². The van der Waals surface area contributed by atoms with E-state index >= 15 is 0 Å². The Labute approximate surface area is 190 Å². The van der Waals surface area contributed by atoms with Crippen LogP contribution in [0, 0.1) is 11.3 Å². The largest absolute Gasteiger partial charge is 0.450 e. The number of hydrogen-bond acceptors (Lipinski definition) is 6. The fourth-order valence-electron chi connectivity index (χ4n) is 3.75. The van der Waals surface area contributed by atoms with Crippen LogP contribution in [0.4, 0.5) is 36.8 Å². The Morgan fingerprint density at radius 3 is 2.26 bits per heavy atom. The Kier molecular flexibility index (Phi) is 7.15. The Balaban J connectivity index is 1.79. The van der Waals surface area contributed by atoms with Gasteiger partial charge in [0, 0.05) is 31.9 Å². The molecule has 1 aromatic carbocycles. The number of hydrogen-bond donors (Lipinski definition) is 0. The molecule has 34 heavy (non-hydrogen) atoms. The molecular weight excluding hydrogens is 474 g/mol. The normalized spacial score (nSPS) is 21.4. The number of benzene rings is 1. The molecule has 2 amide bonds. The summed E-state index contributed by atoms with van der Waals surface area (Å²) in [6, 6.07) is 3.52. The van der Waals surface area contributed by atoms with Crippen LogP contribution in [0.3, 0.4) is 0 Å². The molecule has 0 aromatic heterocycles. The van der Waals surface area contributed by atoms with Crippen molar-refractivity contribution >= 4 is 17.7 Å². The fraction of sp³-hybridized carbons (Fsp3) is 0.550. The minimum absolute atomic E-state index is 0.0310. The molecule has 2 aliphatic rings.